The highest BCUT2D eigenvalue weighted by atomic mass is 32.2. The Morgan fingerprint density at radius 1 is 0.439 bits per heavy atom. The highest BCUT2D eigenvalue weighted by Crippen LogP contribution is 2.38. The smallest absolute Gasteiger partial charge is 0.207 e. The maximum atomic E-state index is 14.9. The van der Waals surface area contributed by atoms with Crippen molar-refractivity contribution in [2.45, 2.75) is 166 Å². The first-order valence-electron chi connectivity index (χ1n) is 16.7. The van der Waals surface area contributed by atoms with Gasteiger partial charge in [-0.3, -0.25) is 0 Å². The highest BCUT2D eigenvalue weighted by molar-refractivity contribution is 7.91. The van der Waals surface area contributed by atoms with Crippen LogP contribution < -0.4 is 0 Å². The normalized spacial score (nSPS) is 11.8. The minimum atomic E-state index is -3.89. The Kier molecular flexibility index (Phi) is 16.5. The summed E-state index contributed by atoms with van der Waals surface area (Å²) in [6.07, 6.45) is 19.3. The van der Waals surface area contributed by atoms with Gasteiger partial charge in [0.1, 0.15) is 11.5 Å². The molecule has 0 amide bonds. The molecule has 5 heteroatoms. The van der Waals surface area contributed by atoms with E-state index in [4.69, 9.17) is 0 Å². The van der Waals surface area contributed by atoms with Crippen LogP contribution in [0, 0.1) is 0 Å². The zero-order valence-corrected chi connectivity index (χ0v) is 27.4. The molecule has 2 N–H and O–H groups in total. The Labute approximate surface area is 251 Å². The molecule has 0 bridgehead atoms. The van der Waals surface area contributed by atoms with Gasteiger partial charge in [-0.05, 0) is 97.9 Å². The standard InChI is InChI=1S/C36H58O4S/c1-5-9-13-17-21-29-25-33(37)26-30(22-18-14-10-6-2)35(29)41(39,40)36-31(23-19-15-11-7-3)27-34(38)28-32(36)24-20-16-12-8-4/h25-28,37-38H,5-24H2,1-4H3. The fraction of sp³-hybridized carbons (Fsp3) is 0.667. The summed E-state index contributed by atoms with van der Waals surface area (Å²) in [5.74, 6) is 0.315. The largest absolute Gasteiger partial charge is 0.508 e. The quantitative estimate of drug-likeness (QED) is 0.135. The molecule has 4 nitrogen and oxygen atoms in total. The number of hydrogen-bond donors (Lipinski definition) is 2. The van der Waals surface area contributed by atoms with Crippen LogP contribution in [0.4, 0.5) is 0 Å². The van der Waals surface area contributed by atoms with Crippen LogP contribution in [-0.4, -0.2) is 18.6 Å². The van der Waals surface area contributed by atoms with Crippen molar-refractivity contribution in [2.24, 2.45) is 0 Å². The van der Waals surface area contributed by atoms with E-state index in [0.717, 1.165) is 125 Å². The van der Waals surface area contributed by atoms with E-state index in [1.54, 1.807) is 24.3 Å². The third kappa shape index (κ3) is 11.3. The monoisotopic (exact) mass is 586 g/mol. The van der Waals surface area contributed by atoms with Crippen molar-refractivity contribution < 1.29 is 18.6 Å². The second-order valence-electron chi connectivity index (χ2n) is 11.9. The van der Waals surface area contributed by atoms with Crippen LogP contribution in [0.15, 0.2) is 34.1 Å². The van der Waals surface area contributed by atoms with E-state index in [9.17, 15) is 18.6 Å². The molecule has 0 fully saturated rings. The molecule has 2 rings (SSSR count). The first kappa shape index (κ1) is 35.2. The van der Waals surface area contributed by atoms with Crippen LogP contribution in [-0.2, 0) is 35.5 Å². The number of unbranched alkanes of at least 4 members (excludes halogenated alkanes) is 12. The minimum absolute atomic E-state index is 0.158. The fourth-order valence-corrected chi connectivity index (χ4v) is 8.20. The zero-order chi connectivity index (χ0) is 30.1. The summed E-state index contributed by atoms with van der Waals surface area (Å²) >= 11 is 0. The maximum absolute atomic E-state index is 14.9. The zero-order valence-electron chi connectivity index (χ0n) is 26.6. The molecule has 0 saturated heterocycles. The van der Waals surface area contributed by atoms with E-state index >= 15 is 0 Å². The maximum Gasteiger partial charge on any atom is 0.207 e. The summed E-state index contributed by atoms with van der Waals surface area (Å²) in [7, 11) is -3.89. The Balaban J connectivity index is 2.69. The minimum Gasteiger partial charge on any atom is -0.508 e. The first-order chi connectivity index (χ1) is 19.8. The lowest BCUT2D eigenvalue weighted by molar-refractivity contribution is 0.472. The third-order valence-electron chi connectivity index (χ3n) is 8.19. The average Bonchev–Trinajstić information content (AvgIpc) is 2.93. The number of benzene rings is 2. The van der Waals surface area contributed by atoms with Gasteiger partial charge in [0.05, 0.1) is 9.79 Å². The van der Waals surface area contributed by atoms with Crippen molar-refractivity contribution in [3.63, 3.8) is 0 Å². The SMILES string of the molecule is CCCCCCc1cc(O)cc(CCCCCC)c1S(=O)(=O)c1c(CCCCCC)cc(O)cc1CCCCCC. The topological polar surface area (TPSA) is 74.6 Å². The van der Waals surface area contributed by atoms with E-state index in [2.05, 4.69) is 27.7 Å². The number of phenolic OH excluding ortho intramolecular Hbond substituents is 2. The van der Waals surface area contributed by atoms with E-state index in [0.29, 0.717) is 35.5 Å². The van der Waals surface area contributed by atoms with Gasteiger partial charge in [-0.15, -0.1) is 0 Å². The lowest BCUT2D eigenvalue weighted by Crippen LogP contribution is -2.15. The molecule has 2 aromatic rings. The number of aromatic hydroxyl groups is 2. The molecule has 0 saturated carbocycles. The van der Waals surface area contributed by atoms with Crippen LogP contribution in [0.25, 0.3) is 0 Å². The van der Waals surface area contributed by atoms with Crippen LogP contribution in [0.1, 0.15) is 153 Å². The van der Waals surface area contributed by atoms with Crippen LogP contribution in [0.5, 0.6) is 11.5 Å². The molecule has 0 radical (unpaired) electrons. The van der Waals surface area contributed by atoms with Crippen LogP contribution >= 0.6 is 0 Å². The van der Waals surface area contributed by atoms with Gasteiger partial charge in [0, 0.05) is 0 Å². The molecular weight excluding hydrogens is 528 g/mol. The van der Waals surface area contributed by atoms with E-state index in [-0.39, 0.29) is 11.5 Å². The van der Waals surface area contributed by atoms with Gasteiger partial charge in [-0.2, -0.15) is 0 Å². The Morgan fingerprint density at radius 2 is 0.683 bits per heavy atom. The Bertz CT molecular complexity index is 987. The van der Waals surface area contributed by atoms with Crippen molar-refractivity contribution in [1.29, 1.82) is 0 Å². The molecule has 0 spiro atoms. The molecular formula is C36H58O4S. The van der Waals surface area contributed by atoms with Crippen LogP contribution in [0.2, 0.25) is 0 Å². The van der Waals surface area contributed by atoms with Crippen molar-refractivity contribution in [3.8, 4) is 11.5 Å². The van der Waals surface area contributed by atoms with E-state index in [1.165, 1.54) is 0 Å². The molecule has 0 aliphatic rings. The number of rotatable bonds is 22. The summed E-state index contributed by atoms with van der Waals surface area (Å²) in [5, 5.41) is 21.4. The van der Waals surface area contributed by atoms with Crippen LogP contribution in [0.3, 0.4) is 0 Å². The molecule has 0 aliphatic heterocycles. The summed E-state index contributed by atoms with van der Waals surface area (Å²) in [6, 6.07) is 6.76. The number of aryl methyl sites for hydroxylation is 4. The number of phenols is 2. The van der Waals surface area contributed by atoms with E-state index in [1.807, 2.05) is 0 Å². The van der Waals surface area contributed by atoms with Gasteiger partial charge in [0.25, 0.3) is 0 Å². The summed E-state index contributed by atoms with van der Waals surface area (Å²) < 4.78 is 29.9. The van der Waals surface area contributed by atoms with Gasteiger partial charge >= 0.3 is 0 Å². The van der Waals surface area contributed by atoms with Gasteiger partial charge in [0.2, 0.25) is 9.84 Å². The fourth-order valence-electron chi connectivity index (χ4n) is 5.98. The molecule has 2 aromatic carbocycles. The van der Waals surface area contributed by atoms with Crippen molar-refractivity contribution >= 4 is 9.84 Å². The first-order valence-corrected chi connectivity index (χ1v) is 18.2. The molecule has 232 valence electrons. The van der Waals surface area contributed by atoms with Gasteiger partial charge in [-0.25, -0.2) is 8.42 Å². The second-order valence-corrected chi connectivity index (χ2v) is 13.8. The highest BCUT2D eigenvalue weighted by Gasteiger charge is 2.30. The Morgan fingerprint density at radius 3 is 0.902 bits per heavy atom. The molecule has 0 atom stereocenters. The predicted octanol–water partition coefficient (Wildman–Crippen LogP) is 10.4. The molecule has 0 aromatic heterocycles. The van der Waals surface area contributed by atoms with Gasteiger partial charge in [-0.1, -0.05) is 105 Å². The third-order valence-corrected chi connectivity index (χ3v) is 10.3. The van der Waals surface area contributed by atoms with Crippen molar-refractivity contribution in [3.05, 3.63) is 46.5 Å². The summed E-state index contributed by atoms with van der Waals surface area (Å²) in [4.78, 5) is 0.831. The molecule has 0 aliphatic carbocycles. The molecule has 0 heterocycles. The Hall–Kier alpha value is -2.01. The summed E-state index contributed by atoms with van der Waals surface area (Å²) in [5.41, 5.74) is 2.98. The number of hydrogen-bond acceptors (Lipinski definition) is 4. The second kappa shape index (κ2) is 19.2. The molecule has 0 unspecified atom stereocenters. The lowest BCUT2D eigenvalue weighted by Gasteiger charge is -2.21. The van der Waals surface area contributed by atoms with E-state index < -0.39 is 9.84 Å². The van der Waals surface area contributed by atoms with Crippen molar-refractivity contribution in [1.82, 2.24) is 0 Å². The predicted molar refractivity (Wildman–Crippen MR) is 173 cm³/mol. The van der Waals surface area contributed by atoms with Gasteiger partial charge < -0.3 is 10.2 Å². The number of sulfone groups is 1. The van der Waals surface area contributed by atoms with Crippen molar-refractivity contribution in [2.75, 3.05) is 0 Å². The van der Waals surface area contributed by atoms with Gasteiger partial charge in [0.15, 0.2) is 0 Å². The molecule has 41 heavy (non-hydrogen) atoms. The average molecular weight is 587 g/mol. The summed E-state index contributed by atoms with van der Waals surface area (Å²) in [6.45, 7) is 8.70. The lowest BCUT2D eigenvalue weighted by atomic mass is 9.99.